The summed E-state index contributed by atoms with van der Waals surface area (Å²) in [6.45, 7) is 4.44. The lowest BCUT2D eigenvalue weighted by molar-refractivity contribution is -0.274. The van der Waals surface area contributed by atoms with Crippen molar-refractivity contribution in [3.05, 3.63) is 84.4 Å². The Labute approximate surface area is 245 Å². The number of halogens is 3. The summed E-state index contributed by atoms with van der Waals surface area (Å²) < 4.78 is 55.4. The summed E-state index contributed by atoms with van der Waals surface area (Å²) >= 11 is 0. The number of hydrogen-bond acceptors (Lipinski definition) is 8. The normalized spacial score (nSPS) is 14.7. The summed E-state index contributed by atoms with van der Waals surface area (Å²) in [5.41, 5.74) is 4.92. The maximum absolute atomic E-state index is 12.8. The standard InChI is InChI=1S/C31H29F3N6O3/c1-41-30-24(6-4-12-36-30)38-26-19-27-29(20-25(26)35-13-14-39-15-17-42-18-16-39)40(28-7-3-2-5-23(28)37-27)21-8-10-22(11-9-21)43-31(32,33)34/h2-12,19-20,38H,13-18H2,1H3/b35-25+. The summed E-state index contributed by atoms with van der Waals surface area (Å²) in [7, 11) is 1.56. The molecule has 1 fully saturated rings. The number of hydrogen-bond donors (Lipinski definition) is 1. The first-order valence-electron chi connectivity index (χ1n) is 13.8. The first-order valence-corrected chi connectivity index (χ1v) is 13.8. The van der Waals surface area contributed by atoms with Gasteiger partial charge in [-0.05, 0) is 60.7 Å². The molecule has 0 atom stereocenters. The van der Waals surface area contributed by atoms with Crippen LogP contribution in [0.1, 0.15) is 0 Å². The zero-order valence-electron chi connectivity index (χ0n) is 23.3. The SMILES string of the molecule is COc1ncccc1Nc1cc2nc3ccccc3n(-c3ccc(OC(F)(F)F)cc3)c-2c/c1=N\CCN1CCOCC1. The second-order valence-corrected chi connectivity index (χ2v) is 9.86. The lowest BCUT2D eigenvalue weighted by Crippen LogP contribution is -2.38. The van der Waals surface area contributed by atoms with Crippen LogP contribution in [0.2, 0.25) is 0 Å². The molecule has 3 aromatic rings. The van der Waals surface area contributed by atoms with Crippen molar-refractivity contribution < 1.29 is 27.4 Å². The molecule has 0 bridgehead atoms. The van der Waals surface area contributed by atoms with E-state index in [9.17, 15) is 13.2 Å². The van der Waals surface area contributed by atoms with Crippen LogP contribution >= 0.6 is 0 Å². The maximum Gasteiger partial charge on any atom is 0.573 e. The van der Waals surface area contributed by atoms with Gasteiger partial charge in [0.25, 0.3) is 0 Å². The van der Waals surface area contributed by atoms with E-state index in [2.05, 4.69) is 19.9 Å². The molecule has 3 aliphatic rings. The van der Waals surface area contributed by atoms with Crippen molar-refractivity contribution in [2.45, 2.75) is 6.36 Å². The number of nitrogens with zero attached hydrogens (tertiary/aromatic N) is 5. The number of para-hydroxylation sites is 2. The fourth-order valence-electron chi connectivity index (χ4n) is 5.08. The van der Waals surface area contributed by atoms with E-state index in [0.29, 0.717) is 59.3 Å². The Morgan fingerprint density at radius 1 is 0.977 bits per heavy atom. The van der Waals surface area contributed by atoms with Gasteiger partial charge in [0.2, 0.25) is 5.88 Å². The van der Waals surface area contributed by atoms with Crippen LogP contribution in [0.15, 0.2) is 84.0 Å². The molecule has 0 amide bonds. The van der Waals surface area contributed by atoms with Crippen LogP contribution in [0.5, 0.6) is 11.6 Å². The number of fused-ring (bicyclic) bond motifs is 2. The summed E-state index contributed by atoms with van der Waals surface area (Å²) in [6, 6.07) is 20.9. The fourth-order valence-corrected chi connectivity index (χ4v) is 5.08. The van der Waals surface area contributed by atoms with E-state index in [1.165, 1.54) is 12.1 Å². The van der Waals surface area contributed by atoms with Crippen LogP contribution in [0.4, 0.5) is 24.5 Å². The molecule has 1 saturated heterocycles. The number of benzene rings is 3. The van der Waals surface area contributed by atoms with Gasteiger partial charge >= 0.3 is 6.36 Å². The van der Waals surface area contributed by atoms with Crippen molar-refractivity contribution in [2.24, 2.45) is 4.99 Å². The van der Waals surface area contributed by atoms with Crippen molar-refractivity contribution in [2.75, 3.05) is 51.8 Å². The van der Waals surface area contributed by atoms with Crippen molar-refractivity contribution in [1.29, 1.82) is 0 Å². The van der Waals surface area contributed by atoms with E-state index < -0.39 is 6.36 Å². The van der Waals surface area contributed by atoms with Gasteiger partial charge in [-0.3, -0.25) is 9.89 Å². The smallest absolute Gasteiger partial charge is 0.480 e. The Bertz CT molecular complexity index is 1750. The van der Waals surface area contributed by atoms with Gasteiger partial charge in [-0.1, -0.05) is 12.1 Å². The molecule has 1 aromatic heterocycles. The largest absolute Gasteiger partial charge is 0.573 e. The molecule has 9 nitrogen and oxygen atoms in total. The van der Waals surface area contributed by atoms with Crippen LogP contribution < -0.4 is 20.1 Å². The highest BCUT2D eigenvalue weighted by Gasteiger charge is 2.31. The maximum atomic E-state index is 12.8. The third-order valence-corrected chi connectivity index (χ3v) is 7.06. The minimum Gasteiger partial charge on any atom is -0.480 e. The molecule has 1 aliphatic carbocycles. The van der Waals surface area contributed by atoms with Gasteiger partial charge in [0.1, 0.15) is 11.4 Å². The zero-order chi connectivity index (χ0) is 29.8. The van der Waals surface area contributed by atoms with E-state index >= 15 is 0 Å². The number of aromatic nitrogens is 3. The number of anilines is 2. The van der Waals surface area contributed by atoms with Gasteiger partial charge in [-0.15, -0.1) is 13.2 Å². The lowest BCUT2D eigenvalue weighted by atomic mass is 10.1. The molecule has 12 heteroatoms. The van der Waals surface area contributed by atoms with E-state index in [4.69, 9.17) is 19.5 Å². The van der Waals surface area contributed by atoms with Crippen LogP contribution in [-0.4, -0.2) is 72.3 Å². The Kier molecular flexibility index (Phi) is 8.12. The van der Waals surface area contributed by atoms with E-state index in [1.54, 1.807) is 25.4 Å². The number of ether oxygens (including phenoxy) is 3. The molecular formula is C31H29F3N6O3. The van der Waals surface area contributed by atoms with Crippen molar-refractivity contribution >= 4 is 22.4 Å². The molecule has 6 rings (SSSR count). The Morgan fingerprint density at radius 2 is 1.77 bits per heavy atom. The predicted molar refractivity (Wildman–Crippen MR) is 156 cm³/mol. The average molecular weight is 591 g/mol. The molecule has 0 saturated carbocycles. The Morgan fingerprint density at radius 3 is 2.53 bits per heavy atom. The van der Waals surface area contributed by atoms with Gasteiger partial charge < -0.3 is 24.1 Å². The third-order valence-electron chi connectivity index (χ3n) is 7.06. The van der Waals surface area contributed by atoms with E-state index in [-0.39, 0.29) is 5.75 Å². The monoisotopic (exact) mass is 590 g/mol. The van der Waals surface area contributed by atoms with Crippen molar-refractivity contribution in [1.82, 2.24) is 19.4 Å². The third kappa shape index (κ3) is 6.55. The van der Waals surface area contributed by atoms with Crippen molar-refractivity contribution in [3.63, 3.8) is 0 Å². The van der Waals surface area contributed by atoms with Crippen LogP contribution in [0.3, 0.4) is 0 Å². The van der Waals surface area contributed by atoms with Gasteiger partial charge in [0.05, 0.1) is 60.3 Å². The summed E-state index contributed by atoms with van der Waals surface area (Å²) in [4.78, 5) is 16.5. The predicted octanol–water partition coefficient (Wildman–Crippen LogP) is 5.41. The van der Waals surface area contributed by atoms with E-state index in [1.807, 2.05) is 53.1 Å². The molecular weight excluding hydrogens is 561 g/mol. The van der Waals surface area contributed by atoms with E-state index in [0.717, 1.165) is 30.8 Å². The molecule has 0 unspecified atom stereocenters. The number of pyridine rings is 1. The zero-order valence-corrected chi connectivity index (χ0v) is 23.3. The minimum atomic E-state index is -4.78. The summed E-state index contributed by atoms with van der Waals surface area (Å²) in [5, 5.41) is 4.11. The van der Waals surface area contributed by atoms with Gasteiger partial charge in [0, 0.05) is 31.5 Å². The lowest BCUT2D eigenvalue weighted by Gasteiger charge is -2.25. The van der Waals surface area contributed by atoms with Crippen LogP contribution in [0.25, 0.3) is 28.1 Å². The Hall–Kier alpha value is -4.68. The second kappa shape index (κ2) is 12.3. The summed E-state index contributed by atoms with van der Waals surface area (Å²) in [5.74, 6) is 0.139. The number of rotatable bonds is 8. The topological polar surface area (TPSA) is 86.0 Å². The van der Waals surface area contributed by atoms with Gasteiger partial charge in [0.15, 0.2) is 0 Å². The molecule has 0 radical (unpaired) electrons. The minimum absolute atomic E-state index is 0.296. The quantitative estimate of drug-likeness (QED) is 0.242. The first kappa shape index (κ1) is 28.4. The molecule has 43 heavy (non-hydrogen) atoms. The first-order chi connectivity index (χ1) is 20.9. The highest BCUT2D eigenvalue weighted by atomic mass is 19.4. The number of nitrogens with one attached hydrogen (secondary N) is 1. The van der Waals surface area contributed by atoms with Gasteiger partial charge in [-0.2, -0.15) is 0 Å². The van der Waals surface area contributed by atoms with Gasteiger partial charge in [-0.25, -0.2) is 9.97 Å². The van der Waals surface area contributed by atoms with Crippen LogP contribution in [-0.2, 0) is 4.74 Å². The molecule has 3 heterocycles. The highest BCUT2D eigenvalue weighted by Crippen LogP contribution is 2.32. The molecule has 2 aromatic carbocycles. The highest BCUT2D eigenvalue weighted by molar-refractivity contribution is 5.84. The molecule has 1 N–H and O–H groups in total. The number of methoxy groups -OCH3 is 1. The molecule has 2 aliphatic heterocycles. The van der Waals surface area contributed by atoms with Crippen molar-refractivity contribution in [3.8, 4) is 28.7 Å². The second-order valence-electron chi connectivity index (χ2n) is 9.86. The average Bonchev–Trinajstić information content (AvgIpc) is 3.01. The number of alkyl halides is 3. The Balaban J connectivity index is 1.49. The van der Waals surface area contributed by atoms with Crippen LogP contribution in [0, 0.1) is 0 Å². The fraction of sp³-hybridized carbons (Fsp3) is 0.258. The summed E-state index contributed by atoms with van der Waals surface area (Å²) in [6.07, 6.45) is -3.12. The molecule has 222 valence electrons. The number of morpholine rings is 1. The molecule has 0 spiro atoms.